The second kappa shape index (κ2) is 11.9. The van der Waals surface area contributed by atoms with Gasteiger partial charge in [-0.15, -0.1) is 0 Å². The lowest BCUT2D eigenvalue weighted by Gasteiger charge is -2.53. The van der Waals surface area contributed by atoms with Gasteiger partial charge >= 0.3 is 11.9 Å². The minimum absolute atomic E-state index is 0.140. The van der Waals surface area contributed by atoms with Gasteiger partial charge in [-0.1, -0.05) is 72.8 Å². The van der Waals surface area contributed by atoms with E-state index in [9.17, 15) is 4.39 Å². The van der Waals surface area contributed by atoms with E-state index < -0.39 is 11.9 Å². The highest BCUT2D eigenvalue weighted by molar-refractivity contribution is 6.27. The van der Waals surface area contributed by atoms with Gasteiger partial charge in [0.1, 0.15) is 5.82 Å². The fourth-order valence-corrected chi connectivity index (χ4v) is 5.39. The van der Waals surface area contributed by atoms with E-state index in [0.717, 1.165) is 18.7 Å². The molecule has 2 N–H and O–H groups in total. The van der Waals surface area contributed by atoms with Gasteiger partial charge in [0, 0.05) is 12.0 Å². The fraction of sp³-hybridized carbons (Fsp3) is 0.310. The fourth-order valence-electron chi connectivity index (χ4n) is 5.39. The van der Waals surface area contributed by atoms with E-state index in [1.165, 1.54) is 30.0 Å². The predicted octanol–water partition coefficient (Wildman–Crippen LogP) is 4.79. The smallest absolute Gasteiger partial charge is 0.414 e. The van der Waals surface area contributed by atoms with Crippen LogP contribution < -0.4 is 0 Å². The molecule has 188 valence electrons. The second-order valence-corrected chi connectivity index (χ2v) is 9.18. The maximum absolute atomic E-state index is 13.7. The van der Waals surface area contributed by atoms with Gasteiger partial charge in [0.15, 0.2) is 0 Å². The third-order valence-corrected chi connectivity index (χ3v) is 6.97. The maximum Gasteiger partial charge on any atom is 0.414 e. The topological polar surface area (TPSA) is 87.1 Å². The summed E-state index contributed by atoms with van der Waals surface area (Å²) >= 11 is 0. The number of carboxylic acids is 2. The molecule has 0 spiro atoms. The van der Waals surface area contributed by atoms with E-state index in [1.807, 2.05) is 6.07 Å². The van der Waals surface area contributed by atoms with Crippen LogP contribution in [-0.2, 0) is 20.9 Å². The second-order valence-electron chi connectivity index (χ2n) is 9.18. The molecule has 3 aromatic carbocycles. The van der Waals surface area contributed by atoms with Crippen molar-refractivity contribution in [3.63, 3.8) is 0 Å². The Kier molecular flexibility index (Phi) is 8.46. The highest BCUT2D eigenvalue weighted by Gasteiger charge is 2.47. The van der Waals surface area contributed by atoms with E-state index in [0.29, 0.717) is 12.5 Å². The molecule has 0 radical (unpaired) electrons. The molecule has 7 heteroatoms. The summed E-state index contributed by atoms with van der Waals surface area (Å²) in [5.74, 6) is -3.03. The number of hydrogen-bond donors (Lipinski definition) is 2. The summed E-state index contributed by atoms with van der Waals surface area (Å²) in [7, 11) is 0. The Hall–Kier alpha value is -3.55. The molecular formula is C29H30FNO5. The van der Waals surface area contributed by atoms with Gasteiger partial charge in [-0.3, -0.25) is 4.90 Å². The molecule has 3 aromatic rings. The van der Waals surface area contributed by atoms with E-state index >= 15 is 0 Å². The summed E-state index contributed by atoms with van der Waals surface area (Å²) in [4.78, 5) is 20.8. The molecule has 3 saturated heterocycles. The van der Waals surface area contributed by atoms with Crippen molar-refractivity contribution in [2.45, 2.75) is 37.5 Å². The molecule has 36 heavy (non-hydrogen) atoms. The Morgan fingerprint density at radius 3 is 1.92 bits per heavy atom. The Bertz CT molecular complexity index is 1100. The minimum Gasteiger partial charge on any atom is -0.473 e. The molecule has 2 atom stereocenters. The number of rotatable bonds is 6. The van der Waals surface area contributed by atoms with Crippen LogP contribution in [0.4, 0.5) is 4.39 Å². The number of carbonyl (C=O) groups is 2. The molecule has 0 saturated carbocycles. The predicted molar refractivity (Wildman–Crippen MR) is 133 cm³/mol. The van der Waals surface area contributed by atoms with Crippen LogP contribution in [-0.4, -0.2) is 52.3 Å². The van der Waals surface area contributed by atoms with Gasteiger partial charge in [0.2, 0.25) is 0 Å². The van der Waals surface area contributed by atoms with Crippen molar-refractivity contribution >= 4 is 11.9 Å². The first-order valence-corrected chi connectivity index (χ1v) is 12.1. The molecule has 0 aromatic heterocycles. The van der Waals surface area contributed by atoms with Crippen LogP contribution >= 0.6 is 0 Å². The van der Waals surface area contributed by atoms with Gasteiger partial charge in [-0.2, -0.15) is 0 Å². The molecule has 3 fully saturated rings. The number of carboxylic acid groups (broad SMARTS) is 2. The number of halogens is 1. The molecule has 6 rings (SSSR count). The summed E-state index contributed by atoms with van der Waals surface area (Å²) in [5, 5.41) is 14.8. The van der Waals surface area contributed by atoms with E-state index in [4.69, 9.17) is 24.5 Å². The highest BCUT2D eigenvalue weighted by atomic mass is 19.1. The Balaban J connectivity index is 0.000000455. The van der Waals surface area contributed by atoms with Crippen molar-refractivity contribution < 1.29 is 28.9 Å². The van der Waals surface area contributed by atoms with Crippen molar-refractivity contribution in [2.75, 3.05) is 13.1 Å². The molecule has 0 aliphatic carbocycles. The summed E-state index contributed by atoms with van der Waals surface area (Å²) in [5.41, 5.74) is 3.57. The van der Waals surface area contributed by atoms with Crippen LogP contribution in [0.1, 0.15) is 35.4 Å². The SMILES string of the molecule is Fc1cccc(CO[C@@H]2C3CCN(CC3)[C@@H]2C(c2ccccc2)c2ccccc2)c1.O=C(O)C(=O)O. The lowest BCUT2D eigenvalue weighted by Crippen LogP contribution is -2.60. The quantitative estimate of drug-likeness (QED) is 0.482. The zero-order chi connectivity index (χ0) is 25.5. The largest absolute Gasteiger partial charge is 0.473 e. The van der Waals surface area contributed by atoms with Crippen LogP contribution in [0.2, 0.25) is 0 Å². The summed E-state index contributed by atoms with van der Waals surface area (Å²) < 4.78 is 20.3. The molecule has 3 aliphatic heterocycles. The zero-order valence-electron chi connectivity index (χ0n) is 19.9. The first-order chi connectivity index (χ1) is 17.4. The molecular weight excluding hydrogens is 461 g/mol. The maximum atomic E-state index is 13.7. The molecule has 2 bridgehead atoms. The standard InChI is InChI=1S/C27H28FNO.C2H2O4/c28-24-13-7-8-20(18-24)19-30-27-23-14-16-29(17-15-23)26(27)25(21-9-3-1-4-10-21)22-11-5-2-6-12-22;3-1(4)2(5)6/h1-13,18,23,25-27H,14-17,19H2;(H,3,4)(H,5,6)/t26-,27-;/m1./s1. The van der Waals surface area contributed by atoms with Gasteiger partial charge in [-0.25, -0.2) is 14.0 Å². The average molecular weight is 492 g/mol. The molecule has 6 nitrogen and oxygen atoms in total. The van der Waals surface area contributed by atoms with Crippen molar-refractivity contribution in [3.05, 3.63) is 107 Å². The zero-order valence-corrected chi connectivity index (χ0v) is 19.9. The Labute approximate surface area is 210 Å². The number of aliphatic carboxylic acids is 2. The molecule has 0 unspecified atom stereocenters. The third-order valence-electron chi connectivity index (χ3n) is 6.97. The van der Waals surface area contributed by atoms with Crippen LogP contribution in [0.3, 0.4) is 0 Å². The molecule has 0 amide bonds. The highest BCUT2D eigenvalue weighted by Crippen LogP contribution is 2.43. The van der Waals surface area contributed by atoms with Crippen LogP contribution in [0.25, 0.3) is 0 Å². The Morgan fingerprint density at radius 2 is 1.42 bits per heavy atom. The average Bonchev–Trinajstić information content (AvgIpc) is 2.90. The van der Waals surface area contributed by atoms with Crippen molar-refractivity contribution in [1.82, 2.24) is 4.90 Å². The number of fused-ring (bicyclic) bond motifs is 3. The molecule has 3 aliphatic rings. The number of nitrogens with zero attached hydrogens (tertiary/aromatic N) is 1. The first kappa shape index (κ1) is 25.5. The van der Waals surface area contributed by atoms with E-state index in [2.05, 4.69) is 65.6 Å². The van der Waals surface area contributed by atoms with Crippen molar-refractivity contribution in [3.8, 4) is 0 Å². The van der Waals surface area contributed by atoms with Crippen LogP contribution in [0.5, 0.6) is 0 Å². The van der Waals surface area contributed by atoms with Gasteiger partial charge in [-0.05, 0) is 60.7 Å². The van der Waals surface area contributed by atoms with Crippen LogP contribution in [0.15, 0.2) is 84.9 Å². The Morgan fingerprint density at radius 1 is 0.861 bits per heavy atom. The molecule has 3 heterocycles. The van der Waals surface area contributed by atoms with Crippen molar-refractivity contribution in [2.24, 2.45) is 5.92 Å². The van der Waals surface area contributed by atoms with E-state index in [1.54, 1.807) is 12.1 Å². The van der Waals surface area contributed by atoms with Crippen molar-refractivity contribution in [1.29, 1.82) is 0 Å². The van der Waals surface area contributed by atoms with Gasteiger partial charge < -0.3 is 14.9 Å². The summed E-state index contributed by atoms with van der Waals surface area (Å²) in [6.07, 6.45) is 2.50. The number of hydrogen-bond acceptors (Lipinski definition) is 4. The van der Waals surface area contributed by atoms with Gasteiger partial charge in [0.05, 0.1) is 12.7 Å². The monoisotopic (exact) mass is 491 g/mol. The lowest BCUT2D eigenvalue weighted by molar-refractivity contribution is -0.159. The lowest BCUT2D eigenvalue weighted by atomic mass is 9.72. The van der Waals surface area contributed by atoms with Gasteiger partial charge in [0.25, 0.3) is 0 Å². The minimum atomic E-state index is -1.82. The number of benzene rings is 3. The summed E-state index contributed by atoms with van der Waals surface area (Å²) in [6, 6.07) is 28.7. The number of piperidine rings is 3. The normalized spacial score (nSPS) is 22.5. The van der Waals surface area contributed by atoms with Crippen LogP contribution in [0, 0.1) is 11.7 Å². The first-order valence-electron chi connectivity index (χ1n) is 12.1. The number of ether oxygens (including phenoxy) is 1. The van der Waals surface area contributed by atoms with E-state index in [-0.39, 0.29) is 23.9 Å². The third kappa shape index (κ3) is 6.17. The summed E-state index contributed by atoms with van der Waals surface area (Å²) in [6.45, 7) is 2.72.